The summed E-state index contributed by atoms with van der Waals surface area (Å²) in [5.74, 6) is 2.14. The maximum atomic E-state index is 5.32. The average Bonchev–Trinajstić information content (AvgIpc) is 3.29. The van der Waals surface area contributed by atoms with Crippen LogP contribution in [0, 0.1) is 11.8 Å². The topological polar surface area (TPSA) is 15.6 Å². The van der Waals surface area contributed by atoms with E-state index in [4.69, 9.17) is 4.99 Å². The second-order valence-corrected chi connectivity index (χ2v) is 9.94. The summed E-state index contributed by atoms with van der Waals surface area (Å²) in [6.45, 7) is 3.41. The number of rotatable bonds is 5. The van der Waals surface area contributed by atoms with Gasteiger partial charge in [-0.3, -0.25) is 9.89 Å². The third-order valence-corrected chi connectivity index (χ3v) is 8.19. The predicted molar refractivity (Wildman–Crippen MR) is 119 cm³/mol. The molecule has 2 unspecified atom stereocenters. The highest BCUT2D eigenvalue weighted by Crippen LogP contribution is 2.45. The molecule has 2 bridgehead atoms. The van der Waals surface area contributed by atoms with Gasteiger partial charge < -0.3 is 0 Å². The Morgan fingerprint density at radius 1 is 0.929 bits per heavy atom. The summed E-state index contributed by atoms with van der Waals surface area (Å²) >= 11 is 1.84. The van der Waals surface area contributed by atoms with E-state index in [1.165, 1.54) is 68.6 Å². The highest BCUT2D eigenvalue weighted by Gasteiger charge is 2.45. The molecule has 2 aromatic rings. The zero-order chi connectivity index (χ0) is 18.8. The van der Waals surface area contributed by atoms with Crippen LogP contribution in [0.15, 0.2) is 52.8 Å². The number of piperidine rings is 3. The molecule has 1 saturated carbocycles. The van der Waals surface area contributed by atoms with Crippen LogP contribution in [0.2, 0.25) is 0 Å². The molecule has 4 fully saturated rings. The standard InChI is InChI=1S/C25H32N2S/c1-3-8-19(9-4-1)23(20-10-5-2-6-11-20)25-24(21-13-15-27(25)16-14-21)26-18-22-12-7-17-28-22/h1,3-4,7-9,12,17,20-21,23,25H,2,5-6,10-11,13-16,18H2. The van der Waals surface area contributed by atoms with Gasteiger partial charge in [-0.2, -0.15) is 0 Å². The average molecular weight is 393 g/mol. The number of benzene rings is 1. The SMILES string of the molecule is c1ccc(C(C2CCCCC2)C2C(=NCc3cccs3)C3CCN2CC3)cc1. The molecule has 0 spiro atoms. The van der Waals surface area contributed by atoms with Crippen molar-refractivity contribution in [3.05, 3.63) is 58.3 Å². The molecule has 4 heterocycles. The Morgan fingerprint density at radius 3 is 2.43 bits per heavy atom. The van der Waals surface area contributed by atoms with Gasteiger partial charge in [-0.05, 0) is 61.7 Å². The van der Waals surface area contributed by atoms with E-state index in [1.807, 2.05) is 11.3 Å². The summed E-state index contributed by atoms with van der Waals surface area (Å²) in [6.07, 6.45) is 9.66. The predicted octanol–water partition coefficient (Wildman–Crippen LogP) is 6.15. The molecule has 148 valence electrons. The third-order valence-electron chi connectivity index (χ3n) is 7.32. The number of thiophene rings is 1. The molecular weight excluding hydrogens is 360 g/mol. The largest absolute Gasteiger partial charge is 0.294 e. The van der Waals surface area contributed by atoms with Gasteiger partial charge in [-0.1, -0.05) is 55.7 Å². The maximum absolute atomic E-state index is 5.32. The van der Waals surface area contributed by atoms with Crippen LogP contribution in [0.3, 0.4) is 0 Å². The molecule has 3 aliphatic heterocycles. The van der Waals surface area contributed by atoms with E-state index < -0.39 is 0 Å². The highest BCUT2D eigenvalue weighted by atomic mass is 32.1. The van der Waals surface area contributed by atoms with Gasteiger partial charge >= 0.3 is 0 Å². The fourth-order valence-electron chi connectivity index (χ4n) is 5.99. The van der Waals surface area contributed by atoms with Gasteiger partial charge in [0.05, 0.1) is 12.6 Å². The summed E-state index contributed by atoms with van der Waals surface area (Å²) < 4.78 is 0. The van der Waals surface area contributed by atoms with Crippen molar-refractivity contribution < 1.29 is 0 Å². The van der Waals surface area contributed by atoms with Crippen LogP contribution in [0.4, 0.5) is 0 Å². The first-order chi connectivity index (χ1) is 13.9. The van der Waals surface area contributed by atoms with Gasteiger partial charge in [-0.25, -0.2) is 0 Å². The first-order valence-electron chi connectivity index (χ1n) is 11.3. The molecule has 0 radical (unpaired) electrons. The van der Waals surface area contributed by atoms with Crippen molar-refractivity contribution in [2.24, 2.45) is 16.8 Å². The van der Waals surface area contributed by atoms with Crippen molar-refractivity contribution in [2.45, 2.75) is 63.5 Å². The zero-order valence-corrected chi connectivity index (χ0v) is 17.6. The molecule has 3 heteroatoms. The van der Waals surface area contributed by atoms with Crippen molar-refractivity contribution in [3.8, 4) is 0 Å². The number of nitrogens with zero attached hydrogens (tertiary/aromatic N) is 2. The summed E-state index contributed by atoms with van der Waals surface area (Å²) in [4.78, 5) is 9.51. The van der Waals surface area contributed by atoms with Crippen LogP contribution in [0.1, 0.15) is 61.3 Å². The molecule has 4 aliphatic rings. The quantitative estimate of drug-likeness (QED) is 0.596. The van der Waals surface area contributed by atoms with E-state index in [0.29, 0.717) is 17.9 Å². The number of fused-ring (bicyclic) bond motifs is 3. The van der Waals surface area contributed by atoms with Crippen LogP contribution < -0.4 is 0 Å². The second-order valence-electron chi connectivity index (χ2n) is 8.91. The van der Waals surface area contributed by atoms with Gasteiger partial charge in [0.25, 0.3) is 0 Å². The summed E-state index contributed by atoms with van der Waals surface area (Å²) in [5, 5.41) is 2.18. The summed E-state index contributed by atoms with van der Waals surface area (Å²) in [5.41, 5.74) is 3.08. The van der Waals surface area contributed by atoms with E-state index in [9.17, 15) is 0 Å². The Hall–Kier alpha value is -1.45. The van der Waals surface area contributed by atoms with E-state index in [0.717, 1.165) is 12.5 Å². The Labute approximate surface area is 173 Å². The molecule has 1 aromatic carbocycles. The summed E-state index contributed by atoms with van der Waals surface area (Å²) in [7, 11) is 0. The van der Waals surface area contributed by atoms with E-state index in [2.05, 4.69) is 52.7 Å². The lowest BCUT2D eigenvalue weighted by Gasteiger charge is -2.51. The van der Waals surface area contributed by atoms with Crippen LogP contribution in [0.25, 0.3) is 0 Å². The molecular formula is C25H32N2S. The maximum Gasteiger partial charge on any atom is 0.0732 e. The minimum atomic E-state index is 0.526. The Morgan fingerprint density at radius 2 is 1.71 bits per heavy atom. The smallest absolute Gasteiger partial charge is 0.0732 e. The first-order valence-corrected chi connectivity index (χ1v) is 12.1. The van der Waals surface area contributed by atoms with Gasteiger partial charge in [0, 0.05) is 22.4 Å². The monoisotopic (exact) mass is 392 g/mol. The number of hydrogen-bond acceptors (Lipinski definition) is 3. The zero-order valence-electron chi connectivity index (χ0n) is 16.8. The highest BCUT2D eigenvalue weighted by molar-refractivity contribution is 7.09. The lowest BCUT2D eigenvalue weighted by atomic mass is 9.67. The minimum Gasteiger partial charge on any atom is -0.294 e. The molecule has 1 aromatic heterocycles. The lowest BCUT2D eigenvalue weighted by Crippen LogP contribution is -2.58. The fourth-order valence-corrected chi connectivity index (χ4v) is 6.62. The van der Waals surface area contributed by atoms with Gasteiger partial charge in [0.15, 0.2) is 0 Å². The van der Waals surface area contributed by atoms with Crippen LogP contribution in [-0.4, -0.2) is 29.7 Å². The molecule has 0 amide bonds. The minimum absolute atomic E-state index is 0.526. The lowest BCUT2D eigenvalue weighted by molar-refractivity contribution is 0.105. The Bertz CT molecular complexity index is 768. The van der Waals surface area contributed by atoms with Crippen molar-refractivity contribution in [1.82, 2.24) is 4.90 Å². The van der Waals surface area contributed by atoms with Crippen LogP contribution >= 0.6 is 11.3 Å². The number of hydrogen-bond donors (Lipinski definition) is 0. The first kappa shape index (κ1) is 18.6. The van der Waals surface area contributed by atoms with E-state index >= 15 is 0 Å². The molecule has 28 heavy (non-hydrogen) atoms. The van der Waals surface area contributed by atoms with E-state index in [-0.39, 0.29) is 0 Å². The second kappa shape index (κ2) is 8.51. The number of aliphatic imine (C=N–C) groups is 1. The van der Waals surface area contributed by atoms with Crippen molar-refractivity contribution >= 4 is 17.0 Å². The molecule has 2 nitrogen and oxygen atoms in total. The third kappa shape index (κ3) is 3.71. The Balaban J connectivity index is 1.51. The Kier molecular flexibility index (Phi) is 5.64. The molecule has 1 aliphatic carbocycles. The molecule has 3 saturated heterocycles. The van der Waals surface area contributed by atoms with Gasteiger partial charge in [0.2, 0.25) is 0 Å². The van der Waals surface area contributed by atoms with E-state index in [1.54, 1.807) is 5.56 Å². The van der Waals surface area contributed by atoms with Crippen LogP contribution in [0.5, 0.6) is 0 Å². The molecule has 2 atom stereocenters. The normalized spacial score (nSPS) is 30.6. The van der Waals surface area contributed by atoms with Crippen molar-refractivity contribution in [3.63, 3.8) is 0 Å². The van der Waals surface area contributed by atoms with Crippen molar-refractivity contribution in [2.75, 3.05) is 13.1 Å². The van der Waals surface area contributed by atoms with Crippen LogP contribution in [-0.2, 0) is 6.54 Å². The molecule has 0 N–H and O–H groups in total. The fraction of sp³-hybridized carbons (Fsp3) is 0.560. The van der Waals surface area contributed by atoms with Gasteiger partial charge in [0.1, 0.15) is 0 Å². The van der Waals surface area contributed by atoms with Crippen molar-refractivity contribution in [1.29, 1.82) is 0 Å². The van der Waals surface area contributed by atoms with Gasteiger partial charge in [-0.15, -0.1) is 11.3 Å². The summed E-state index contributed by atoms with van der Waals surface area (Å²) in [6, 6.07) is 16.3. The molecule has 6 rings (SSSR count).